The fourth-order valence-electron chi connectivity index (χ4n) is 10.0. The molecule has 1 aliphatic carbocycles. The number of nitro groups is 1. The number of halogens is 1. The van der Waals surface area contributed by atoms with Crippen LogP contribution in [0.5, 0.6) is 17.2 Å². The molecule has 0 bridgehead atoms. The molecule has 17 heteroatoms. The molecule has 68 heavy (non-hydrogen) atoms. The van der Waals surface area contributed by atoms with E-state index < -0.39 is 31.4 Å². The molecule has 2 N–H and O–H groups in total. The minimum absolute atomic E-state index is 0.0101. The van der Waals surface area contributed by atoms with E-state index in [4.69, 9.17) is 25.8 Å². The lowest BCUT2D eigenvalue weighted by Gasteiger charge is -2.39. The number of rotatable bonds is 15. The van der Waals surface area contributed by atoms with Crippen LogP contribution in [-0.2, 0) is 26.0 Å². The Morgan fingerprint density at radius 2 is 1.81 bits per heavy atom. The van der Waals surface area contributed by atoms with Gasteiger partial charge in [0.1, 0.15) is 28.7 Å². The number of H-pyrrole nitrogens is 1. The fraction of sp³-hybridized carbons (Fsp3) is 0.431. The van der Waals surface area contributed by atoms with E-state index in [1.807, 2.05) is 18.2 Å². The smallest absolute Gasteiger partial charge is 0.277 e. The van der Waals surface area contributed by atoms with Gasteiger partial charge in [-0.1, -0.05) is 43.2 Å². The first kappa shape index (κ1) is 47.3. The number of ketones is 1. The number of amides is 1. The van der Waals surface area contributed by atoms with Crippen LogP contribution >= 0.6 is 11.6 Å². The predicted octanol–water partition coefficient (Wildman–Crippen LogP) is 9.54. The number of sulfonamides is 1. The lowest BCUT2D eigenvalue weighted by Crippen LogP contribution is -2.47. The maximum atomic E-state index is 14.1. The molecule has 1 amide bonds. The molecule has 358 valence electrons. The largest absolute Gasteiger partial charge is 0.493 e. The van der Waals surface area contributed by atoms with Crippen molar-refractivity contribution < 1.29 is 37.1 Å². The van der Waals surface area contributed by atoms with E-state index in [-0.39, 0.29) is 58.7 Å². The number of pyridine rings is 1. The fourth-order valence-corrected chi connectivity index (χ4v) is 11.1. The average Bonchev–Trinajstić information content (AvgIpc) is 3.80. The van der Waals surface area contributed by atoms with Gasteiger partial charge in [-0.25, -0.2) is 18.1 Å². The number of nitrogens with zero attached hydrogens (tertiary/aromatic N) is 4. The van der Waals surface area contributed by atoms with Crippen molar-refractivity contribution in [3.63, 3.8) is 0 Å². The molecule has 9 rings (SSSR count). The Morgan fingerprint density at radius 1 is 1.03 bits per heavy atom. The van der Waals surface area contributed by atoms with Crippen molar-refractivity contribution in [3.8, 4) is 17.2 Å². The van der Waals surface area contributed by atoms with E-state index in [0.29, 0.717) is 57.0 Å². The molecule has 4 aliphatic rings. The van der Waals surface area contributed by atoms with Crippen LogP contribution in [0.4, 0.5) is 11.4 Å². The molecule has 0 spiro atoms. The van der Waals surface area contributed by atoms with Crippen molar-refractivity contribution in [3.05, 3.63) is 117 Å². The van der Waals surface area contributed by atoms with Crippen LogP contribution in [0.3, 0.4) is 0 Å². The number of Topliss-reactive ketones (excluding diaryl/α,β-unsaturated/α-hetero) is 1. The van der Waals surface area contributed by atoms with Crippen molar-refractivity contribution >= 4 is 61.3 Å². The highest BCUT2D eigenvalue weighted by atomic mass is 35.5. The van der Waals surface area contributed by atoms with Gasteiger partial charge in [-0.15, -0.1) is 0 Å². The van der Waals surface area contributed by atoms with Crippen LogP contribution in [0.1, 0.15) is 86.7 Å². The Kier molecular flexibility index (Phi) is 13.9. The number of hydrogen-bond acceptors (Lipinski definition) is 12. The topological polar surface area (TPSA) is 186 Å². The molecular formula is C51H57ClN6O9S. The number of allylic oxidation sites excluding steroid dienone is 1. The summed E-state index contributed by atoms with van der Waals surface area (Å²) in [7, 11) is -4.66. The predicted molar refractivity (Wildman–Crippen MR) is 260 cm³/mol. The van der Waals surface area contributed by atoms with E-state index in [1.165, 1.54) is 35.0 Å². The normalized spacial score (nSPS) is 19.0. The van der Waals surface area contributed by atoms with Crippen molar-refractivity contribution in [2.75, 3.05) is 57.4 Å². The Hall–Kier alpha value is -5.81. The molecule has 2 fully saturated rings. The van der Waals surface area contributed by atoms with Gasteiger partial charge in [-0.05, 0) is 110 Å². The third kappa shape index (κ3) is 10.9. The standard InChI is InChI=1S/C51H57ClN6O9S/c1-51(2)16-12-37(44(29-51)34-6-8-38(52)9-7-34)31-56-18-20-57(21-19-56)39-10-11-42(48(26-39)67-40-25-36-13-17-53-49(36)54-30-40)50(60)55-68(63,64)41-27-45(58(61)62)43-24-33(32-66-47(43)28-41)4-3-5-46(59)35-14-22-65-23-15-35/h6-11,13,17,25-28,30,33,35H,3-5,12,14-16,18-24,29,31-32H2,1-2H3,(H,53,54)(H,55,60)/t33-/m1/s1. The molecule has 2 aromatic heterocycles. The summed E-state index contributed by atoms with van der Waals surface area (Å²) in [5, 5.41) is 13.9. The second kappa shape index (κ2) is 20.0. The number of carbonyl (C=O) groups is 2. The summed E-state index contributed by atoms with van der Waals surface area (Å²) in [6.45, 7) is 9.95. The number of fused-ring (bicyclic) bond motifs is 2. The molecule has 0 saturated carbocycles. The molecule has 0 radical (unpaired) electrons. The van der Waals surface area contributed by atoms with Crippen LogP contribution in [-0.4, -0.2) is 92.4 Å². The quantitative estimate of drug-likeness (QED) is 0.0749. The summed E-state index contributed by atoms with van der Waals surface area (Å²) in [6.07, 6.45) is 9.85. The Bertz CT molecular complexity index is 2850. The third-order valence-electron chi connectivity index (χ3n) is 13.9. The lowest BCUT2D eigenvalue weighted by atomic mass is 9.72. The van der Waals surface area contributed by atoms with Gasteiger partial charge in [0.2, 0.25) is 0 Å². The maximum absolute atomic E-state index is 14.1. The first-order valence-corrected chi connectivity index (χ1v) is 25.3. The van der Waals surface area contributed by atoms with E-state index >= 15 is 0 Å². The van der Waals surface area contributed by atoms with Gasteiger partial charge in [0.15, 0.2) is 0 Å². The summed E-state index contributed by atoms with van der Waals surface area (Å²) < 4.78 is 47.8. The number of piperazine rings is 1. The summed E-state index contributed by atoms with van der Waals surface area (Å²) in [5.41, 5.74) is 5.55. The number of aromatic nitrogens is 2. The minimum Gasteiger partial charge on any atom is -0.493 e. The first-order valence-electron chi connectivity index (χ1n) is 23.5. The first-order chi connectivity index (χ1) is 32.7. The zero-order valence-corrected chi connectivity index (χ0v) is 40.0. The molecule has 3 aliphatic heterocycles. The summed E-state index contributed by atoms with van der Waals surface area (Å²) in [4.78, 5) is 50.3. The highest BCUT2D eigenvalue weighted by molar-refractivity contribution is 7.90. The van der Waals surface area contributed by atoms with Gasteiger partial charge < -0.3 is 24.1 Å². The summed E-state index contributed by atoms with van der Waals surface area (Å²) >= 11 is 6.25. The second-order valence-electron chi connectivity index (χ2n) is 19.3. The van der Waals surface area contributed by atoms with Crippen LogP contribution in [0.25, 0.3) is 16.6 Å². The van der Waals surface area contributed by atoms with Gasteiger partial charge in [0.05, 0.1) is 33.7 Å². The zero-order chi connectivity index (χ0) is 47.6. The van der Waals surface area contributed by atoms with E-state index in [9.17, 15) is 28.1 Å². The molecule has 5 aromatic rings. The third-order valence-corrected chi connectivity index (χ3v) is 15.5. The summed E-state index contributed by atoms with van der Waals surface area (Å²) in [5.74, 6) is -0.334. The van der Waals surface area contributed by atoms with Crippen molar-refractivity contribution in [2.45, 2.75) is 76.5 Å². The van der Waals surface area contributed by atoms with Crippen LogP contribution in [0.2, 0.25) is 5.02 Å². The molecule has 15 nitrogen and oxygen atoms in total. The average molecular weight is 966 g/mol. The van der Waals surface area contributed by atoms with Gasteiger partial charge in [0.25, 0.3) is 21.6 Å². The van der Waals surface area contributed by atoms with Gasteiger partial charge in [-0.3, -0.25) is 24.6 Å². The van der Waals surface area contributed by atoms with Gasteiger partial charge in [-0.2, -0.15) is 0 Å². The number of hydrogen-bond donors (Lipinski definition) is 2. The van der Waals surface area contributed by atoms with Crippen molar-refractivity contribution in [2.24, 2.45) is 17.3 Å². The Morgan fingerprint density at radius 3 is 2.57 bits per heavy atom. The molecule has 3 aromatic carbocycles. The maximum Gasteiger partial charge on any atom is 0.277 e. The summed E-state index contributed by atoms with van der Waals surface area (Å²) in [6, 6.07) is 19.0. The number of carbonyl (C=O) groups excluding carboxylic acids is 2. The molecule has 2 saturated heterocycles. The Balaban J connectivity index is 0.907. The number of nitro benzene ring substituents is 1. The van der Waals surface area contributed by atoms with Crippen LogP contribution in [0.15, 0.2) is 89.6 Å². The Labute approximate surface area is 401 Å². The van der Waals surface area contributed by atoms with Crippen LogP contribution in [0, 0.1) is 27.4 Å². The van der Waals surface area contributed by atoms with E-state index in [0.717, 1.165) is 73.9 Å². The number of nitrogens with one attached hydrogen (secondary N) is 2. The lowest BCUT2D eigenvalue weighted by molar-refractivity contribution is -0.386. The van der Waals surface area contributed by atoms with E-state index in [1.54, 1.807) is 24.4 Å². The zero-order valence-electron chi connectivity index (χ0n) is 38.4. The monoisotopic (exact) mass is 964 g/mol. The molecule has 0 unspecified atom stereocenters. The van der Waals surface area contributed by atoms with Gasteiger partial charge in [0, 0.05) is 98.8 Å². The molecule has 5 heterocycles. The number of ether oxygens (including phenoxy) is 3. The van der Waals surface area contributed by atoms with Crippen molar-refractivity contribution in [1.29, 1.82) is 0 Å². The molecule has 1 atom stereocenters. The number of anilines is 1. The number of aromatic amines is 1. The SMILES string of the molecule is CC1(C)CCC(CN2CCN(c3ccc(C(=O)NS(=O)(=O)c4cc5c(c([N+](=O)[O-])c4)C[C@@H](CCCC(=O)C4CCOCC4)CO5)c(Oc4cnc5[nH]ccc5c4)c3)CC2)=C(c2ccc(Cl)cc2)C1. The molecular weight excluding hydrogens is 908 g/mol. The number of benzene rings is 3. The van der Waals surface area contributed by atoms with Gasteiger partial charge >= 0.3 is 0 Å². The second-order valence-corrected chi connectivity index (χ2v) is 21.4. The van der Waals surface area contributed by atoms with Crippen LogP contribution < -0.4 is 19.1 Å². The van der Waals surface area contributed by atoms with Crippen molar-refractivity contribution in [1.82, 2.24) is 19.6 Å². The van der Waals surface area contributed by atoms with E-state index in [2.05, 4.69) is 50.5 Å². The minimum atomic E-state index is -4.66. The highest BCUT2D eigenvalue weighted by Crippen LogP contribution is 2.44. The highest BCUT2D eigenvalue weighted by Gasteiger charge is 2.34.